The van der Waals surface area contributed by atoms with Crippen molar-refractivity contribution in [3.63, 3.8) is 0 Å². The maximum atomic E-state index is 13.0. The van der Waals surface area contributed by atoms with Crippen molar-refractivity contribution in [2.45, 2.75) is 26.2 Å². The van der Waals surface area contributed by atoms with Crippen LogP contribution in [0.2, 0.25) is 0 Å². The smallest absolute Gasteiger partial charge is 0.255 e. The minimum absolute atomic E-state index is 0.00823. The molecule has 4 rings (SSSR count). The van der Waals surface area contributed by atoms with Crippen molar-refractivity contribution < 1.29 is 9.59 Å². The van der Waals surface area contributed by atoms with Crippen LogP contribution in [-0.4, -0.2) is 51.3 Å². The van der Waals surface area contributed by atoms with Gasteiger partial charge in [0.25, 0.3) is 5.91 Å². The average Bonchev–Trinajstić information content (AvgIpc) is 2.99. The predicted octanol–water partition coefficient (Wildman–Crippen LogP) is 1.84. The molecule has 0 aliphatic carbocycles. The number of nitrogens with zero attached hydrogens (tertiary/aromatic N) is 5. The Hall–Kier alpha value is -2.83. The van der Waals surface area contributed by atoms with Crippen LogP contribution in [-0.2, 0) is 4.79 Å². The van der Waals surface area contributed by atoms with Crippen LogP contribution in [0.5, 0.6) is 0 Å². The monoisotopic (exact) mass is 351 g/mol. The zero-order chi connectivity index (χ0) is 18.1. The number of rotatable bonds is 2. The van der Waals surface area contributed by atoms with E-state index >= 15 is 0 Å². The lowest BCUT2D eigenvalue weighted by atomic mass is 9.77. The molecule has 0 unspecified atom stereocenters. The third-order valence-corrected chi connectivity index (χ3v) is 5.54. The Morgan fingerprint density at radius 1 is 1.04 bits per heavy atom. The Morgan fingerprint density at radius 3 is 2.38 bits per heavy atom. The molecule has 0 saturated carbocycles. The second-order valence-electron chi connectivity index (χ2n) is 7.06. The number of carbonyl (C=O) groups excluding carboxylic acids is 2. The molecular weight excluding hydrogens is 330 g/mol. The van der Waals surface area contributed by atoms with Crippen LogP contribution < -0.4 is 4.90 Å². The summed E-state index contributed by atoms with van der Waals surface area (Å²) in [4.78, 5) is 41.5. The number of carbonyl (C=O) groups is 2. The number of anilines is 1. The summed E-state index contributed by atoms with van der Waals surface area (Å²) in [5.41, 5.74) is 1.88. The quantitative estimate of drug-likeness (QED) is 0.825. The third kappa shape index (κ3) is 2.83. The molecule has 0 bridgehead atoms. The Kier molecular flexibility index (Phi) is 4.14. The molecule has 0 radical (unpaired) electrons. The molecule has 4 heterocycles. The summed E-state index contributed by atoms with van der Waals surface area (Å²) in [5.74, 6) is 0.127. The van der Waals surface area contributed by atoms with E-state index in [1.165, 1.54) is 6.33 Å². The average molecular weight is 351 g/mol. The van der Waals surface area contributed by atoms with Crippen molar-refractivity contribution in [2.24, 2.45) is 5.41 Å². The minimum Gasteiger partial charge on any atom is -0.339 e. The summed E-state index contributed by atoms with van der Waals surface area (Å²) >= 11 is 0. The molecule has 134 valence electrons. The number of aromatic nitrogens is 3. The highest BCUT2D eigenvalue weighted by atomic mass is 16.2. The Labute approximate surface area is 152 Å². The van der Waals surface area contributed by atoms with Crippen LogP contribution >= 0.6 is 0 Å². The first kappa shape index (κ1) is 16.6. The van der Waals surface area contributed by atoms with Crippen LogP contribution in [0, 0.1) is 12.3 Å². The molecule has 2 fully saturated rings. The fourth-order valence-electron chi connectivity index (χ4n) is 3.88. The Bertz CT molecular complexity index is 814. The summed E-state index contributed by atoms with van der Waals surface area (Å²) in [6.45, 7) is 3.77. The maximum Gasteiger partial charge on any atom is 0.255 e. The molecule has 0 atom stereocenters. The molecule has 26 heavy (non-hydrogen) atoms. The largest absolute Gasteiger partial charge is 0.339 e. The van der Waals surface area contributed by atoms with Crippen molar-refractivity contribution in [3.8, 4) is 0 Å². The van der Waals surface area contributed by atoms with Gasteiger partial charge in [0.05, 0.1) is 29.1 Å². The van der Waals surface area contributed by atoms with Gasteiger partial charge in [-0.3, -0.25) is 14.6 Å². The number of piperidine rings is 1. The lowest BCUT2D eigenvalue weighted by Gasteiger charge is -2.38. The number of hydrogen-bond acceptors (Lipinski definition) is 5. The zero-order valence-electron chi connectivity index (χ0n) is 14.8. The van der Waals surface area contributed by atoms with Crippen LogP contribution in [0.1, 0.15) is 35.3 Å². The van der Waals surface area contributed by atoms with Gasteiger partial charge in [0.15, 0.2) is 0 Å². The molecule has 0 aromatic carbocycles. The molecule has 2 aromatic heterocycles. The Morgan fingerprint density at radius 2 is 1.73 bits per heavy atom. The van der Waals surface area contributed by atoms with Gasteiger partial charge >= 0.3 is 0 Å². The van der Waals surface area contributed by atoms with Crippen molar-refractivity contribution in [1.82, 2.24) is 19.9 Å². The number of likely N-dealkylation sites (tertiary alicyclic amines) is 1. The van der Waals surface area contributed by atoms with E-state index in [9.17, 15) is 9.59 Å². The number of amides is 2. The van der Waals surface area contributed by atoms with Crippen LogP contribution in [0.15, 0.2) is 37.1 Å². The van der Waals surface area contributed by atoms with E-state index in [1.54, 1.807) is 23.5 Å². The number of pyridine rings is 1. The van der Waals surface area contributed by atoms with Gasteiger partial charge in [-0.05, 0) is 38.3 Å². The third-order valence-electron chi connectivity index (χ3n) is 5.54. The highest BCUT2D eigenvalue weighted by Gasteiger charge is 2.49. The molecular formula is C19H21N5O2. The van der Waals surface area contributed by atoms with Crippen molar-refractivity contribution >= 4 is 17.5 Å². The predicted molar refractivity (Wildman–Crippen MR) is 95.5 cm³/mol. The van der Waals surface area contributed by atoms with Gasteiger partial charge in [-0.1, -0.05) is 0 Å². The van der Waals surface area contributed by atoms with Gasteiger partial charge in [-0.15, -0.1) is 0 Å². The summed E-state index contributed by atoms with van der Waals surface area (Å²) in [6.07, 6.45) is 8.64. The van der Waals surface area contributed by atoms with Crippen LogP contribution in [0.25, 0.3) is 0 Å². The minimum atomic E-state index is -0.363. The first-order valence-corrected chi connectivity index (χ1v) is 8.88. The fourth-order valence-corrected chi connectivity index (χ4v) is 3.88. The van der Waals surface area contributed by atoms with E-state index in [2.05, 4.69) is 15.0 Å². The van der Waals surface area contributed by atoms with Crippen molar-refractivity contribution in [2.75, 3.05) is 24.5 Å². The lowest BCUT2D eigenvalue weighted by molar-refractivity contribution is -0.127. The first-order chi connectivity index (χ1) is 12.6. The lowest BCUT2D eigenvalue weighted by Crippen LogP contribution is -2.46. The Balaban J connectivity index is 1.44. The van der Waals surface area contributed by atoms with Gasteiger partial charge in [0.2, 0.25) is 5.91 Å². The maximum absolute atomic E-state index is 13.0. The number of hydrogen-bond donors (Lipinski definition) is 0. The normalized spacial score (nSPS) is 19.2. The summed E-state index contributed by atoms with van der Waals surface area (Å²) in [6, 6.07) is 3.66. The SMILES string of the molecule is Cc1ccc(C(=O)N2CCC3(CC2)CCN(c2cncnc2)C3=O)cn1. The molecule has 7 nitrogen and oxygen atoms in total. The second-order valence-corrected chi connectivity index (χ2v) is 7.06. The molecule has 0 N–H and O–H groups in total. The summed E-state index contributed by atoms with van der Waals surface area (Å²) < 4.78 is 0. The van der Waals surface area contributed by atoms with Gasteiger partial charge in [-0.2, -0.15) is 0 Å². The van der Waals surface area contributed by atoms with E-state index in [1.807, 2.05) is 24.0 Å². The molecule has 2 aliphatic rings. The topological polar surface area (TPSA) is 79.3 Å². The molecule has 1 spiro atoms. The first-order valence-electron chi connectivity index (χ1n) is 8.88. The van der Waals surface area contributed by atoms with Crippen molar-refractivity contribution in [3.05, 3.63) is 48.3 Å². The second kappa shape index (κ2) is 6.48. The molecule has 7 heteroatoms. The van der Waals surface area contributed by atoms with E-state index < -0.39 is 0 Å². The molecule has 2 saturated heterocycles. The molecule has 2 aliphatic heterocycles. The molecule has 2 amide bonds. The van der Waals surface area contributed by atoms with Gasteiger partial charge in [0.1, 0.15) is 6.33 Å². The van der Waals surface area contributed by atoms with E-state index in [-0.39, 0.29) is 17.2 Å². The summed E-state index contributed by atoms with van der Waals surface area (Å²) in [7, 11) is 0. The van der Waals surface area contributed by atoms with E-state index in [0.717, 1.165) is 17.8 Å². The van der Waals surface area contributed by atoms with Gasteiger partial charge in [-0.25, -0.2) is 9.97 Å². The highest BCUT2D eigenvalue weighted by Crippen LogP contribution is 2.43. The molecule has 2 aromatic rings. The van der Waals surface area contributed by atoms with Crippen molar-refractivity contribution in [1.29, 1.82) is 0 Å². The van der Waals surface area contributed by atoms with Crippen LogP contribution in [0.3, 0.4) is 0 Å². The highest BCUT2D eigenvalue weighted by molar-refractivity contribution is 6.00. The van der Waals surface area contributed by atoms with Gasteiger partial charge < -0.3 is 9.80 Å². The zero-order valence-corrected chi connectivity index (χ0v) is 14.8. The fraction of sp³-hybridized carbons (Fsp3) is 0.421. The standard InChI is InChI=1S/C19H21N5O2/c1-14-2-3-15(10-22-14)17(25)23-7-4-19(5-8-23)6-9-24(18(19)26)16-11-20-13-21-12-16/h2-3,10-13H,4-9H2,1H3. The number of aryl methyl sites for hydroxylation is 1. The summed E-state index contributed by atoms with van der Waals surface area (Å²) in [5, 5.41) is 0. The van der Waals surface area contributed by atoms with E-state index in [4.69, 9.17) is 0 Å². The van der Waals surface area contributed by atoms with Gasteiger partial charge in [0, 0.05) is 31.5 Å². The van der Waals surface area contributed by atoms with E-state index in [0.29, 0.717) is 38.0 Å². The van der Waals surface area contributed by atoms with Crippen LogP contribution in [0.4, 0.5) is 5.69 Å².